The Morgan fingerprint density at radius 2 is 0.875 bits per heavy atom. The van der Waals surface area contributed by atoms with Crippen molar-refractivity contribution in [1.82, 2.24) is 0 Å². The molecule has 10 heteroatoms. The van der Waals surface area contributed by atoms with E-state index in [1.807, 2.05) is 0 Å². The third-order valence-electron chi connectivity index (χ3n) is 3.97. The fourth-order valence-electron chi connectivity index (χ4n) is 2.38. The van der Waals surface area contributed by atoms with Gasteiger partial charge in [0.1, 0.15) is 24.7 Å². The molecular weight excluding hydrogens is 424 g/mol. The maximum absolute atomic E-state index is 11.4. The maximum atomic E-state index is 11.4. The van der Waals surface area contributed by atoms with E-state index >= 15 is 0 Å². The number of hydrogen-bond acceptors (Lipinski definition) is 10. The SMILES string of the molecule is COCCOCCOCCOc1cc(OCCOCCOCCOC)c(C=O)cc1C=O. The van der Waals surface area contributed by atoms with Crippen LogP contribution in [0.15, 0.2) is 12.1 Å². The number of carbonyl (C=O) groups excluding carboxylic acids is 2. The van der Waals surface area contributed by atoms with E-state index in [0.717, 1.165) is 0 Å². The second kappa shape index (κ2) is 19.6. The minimum Gasteiger partial charge on any atom is -0.490 e. The smallest absolute Gasteiger partial charge is 0.153 e. The number of hydrogen-bond donors (Lipinski definition) is 0. The highest BCUT2D eigenvalue weighted by Crippen LogP contribution is 2.27. The Balaban J connectivity index is 2.37. The molecule has 1 rings (SSSR count). The molecule has 0 aliphatic rings. The van der Waals surface area contributed by atoms with Gasteiger partial charge in [-0.2, -0.15) is 0 Å². The molecule has 0 aliphatic heterocycles. The summed E-state index contributed by atoms with van der Waals surface area (Å²) < 4.78 is 42.4. The van der Waals surface area contributed by atoms with Crippen LogP contribution in [0, 0.1) is 0 Å². The van der Waals surface area contributed by atoms with Crippen LogP contribution in [-0.2, 0) is 28.4 Å². The molecular formula is C22H34O10. The average molecular weight is 459 g/mol. The van der Waals surface area contributed by atoms with E-state index in [2.05, 4.69) is 0 Å². The number of benzene rings is 1. The van der Waals surface area contributed by atoms with Gasteiger partial charge in [0.15, 0.2) is 12.6 Å². The molecule has 0 spiro atoms. The summed E-state index contributed by atoms with van der Waals surface area (Å²) in [7, 11) is 3.22. The molecule has 0 saturated heterocycles. The molecule has 0 aromatic heterocycles. The van der Waals surface area contributed by atoms with Gasteiger partial charge in [0, 0.05) is 20.3 Å². The second-order valence-corrected chi connectivity index (χ2v) is 6.30. The van der Waals surface area contributed by atoms with Gasteiger partial charge in [-0.05, 0) is 6.07 Å². The van der Waals surface area contributed by atoms with Crippen molar-refractivity contribution in [3.05, 3.63) is 23.3 Å². The third kappa shape index (κ3) is 12.7. The second-order valence-electron chi connectivity index (χ2n) is 6.30. The Bertz CT molecular complexity index is 574. The van der Waals surface area contributed by atoms with Crippen LogP contribution in [0.1, 0.15) is 20.7 Å². The molecule has 182 valence electrons. The zero-order chi connectivity index (χ0) is 23.3. The first kappa shape index (κ1) is 28.0. The van der Waals surface area contributed by atoms with Crippen molar-refractivity contribution >= 4 is 12.6 Å². The van der Waals surface area contributed by atoms with Gasteiger partial charge in [0.2, 0.25) is 0 Å². The van der Waals surface area contributed by atoms with Crippen molar-refractivity contribution in [3.8, 4) is 11.5 Å². The van der Waals surface area contributed by atoms with Crippen molar-refractivity contribution < 1.29 is 47.5 Å². The number of rotatable bonds is 22. The normalized spacial score (nSPS) is 10.8. The molecule has 0 aliphatic carbocycles. The van der Waals surface area contributed by atoms with Gasteiger partial charge in [-0.15, -0.1) is 0 Å². The summed E-state index contributed by atoms with van der Waals surface area (Å²) in [4.78, 5) is 22.7. The number of carbonyl (C=O) groups is 2. The van der Waals surface area contributed by atoms with Crippen molar-refractivity contribution in [2.45, 2.75) is 0 Å². The van der Waals surface area contributed by atoms with Crippen LogP contribution in [0.4, 0.5) is 0 Å². The van der Waals surface area contributed by atoms with E-state index in [4.69, 9.17) is 37.9 Å². The molecule has 0 amide bonds. The fraction of sp³-hybridized carbons (Fsp3) is 0.636. The van der Waals surface area contributed by atoms with Crippen LogP contribution in [0.2, 0.25) is 0 Å². The third-order valence-corrected chi connectivity index (χ3v) is 3.97. The van der Waals surface area contributed by atoms with Gasteiger partial charge in [-0.25, -0.2) is 0 Å². The number of aldehydes is 2. The summed E-state index contributed by atoms with van der Waals surface area (Å²) in [5.41, 5.74) is 0.513. The fourth-order valence-corrected chi connectivity index (χ4v) is 2.38. The van der Waals surface area contributed by atoms with Crippen LogP contribution in [0.3, 0.4) is 0 Å². The van der Waals surface area contributed by atoms with Crippen LogP contribution in [0.25, 0.3) is 0 Å². The molecule has 0 heterocycles. The summed E-state index contributed by atoms with van der Waals surface area (Å²) in [6, 6.07) is 2.95. The van der Waals surface area contributed by atoms with Crippen LogP contribution in [-0.4, -0.2) is 106 Å². The molecule has 0 unspecified atom stereocenters. The summed E-state index contributed by atoms with van der Waals surface area (Å²) >= 11 is 0. The lowest BCUT2D eigenvalue weighted by molar-refractivity contribution is 0.0174. The Hall–Kier alpha value is -2.08. The standard InChI is InChI=1S/C22H34O10/c1-25-3-5-27-7-9-29-11-13-31-21-16-22(20(18-24)15-19(21)17-23)32-14-12-30-10-8-28-6-4-26-2/h15-18H,3-14H2,1-2H3. The van der Waals surface area contributed by atoms with E-state index < -0.39 is 0 Å². The molecule has 0 atom stereocenters. The highest BCUT2D eigenvalue weighted by molar-refractivity contribution is 5.87. The van der Waals surface area contributed by atoms with E-state index in [1.165, 1.54) is 12.1 Å². The molecule has 0 N–H and O–H groups in total. The van der Waals surface area contributed by atoms with Crippen molar-refractivity contribution in [2.24, 2.45) is 0 Å². The molecule has 0 radical (unpaired) electrons. The van der Waals surface area contributed by atoms with Gasteiger partial charge >= 0.3 is 0 Å². The highest BCUT2D eigenvalue weighted by atomic mass is 16.6. The van der Waals surface area contributed by atoms with Gasteiger partial charge in [0.05, 0.1) is 77.2 Å². The lowest BCUT2D eigenvalue weighted by Crippen LogP contribution is -2.14. The summed E-state index contributed by atoms with van der Waals surface area (Å²) in [6.45, 7) is 4.93. The quantitative estimate of drug-likeness (QED) is 0.187. The monoisotopic (exact) mass is 458 g/mol. The summed E-state index contributed by atoms with van der Waals surface area (Å²) in [5.74, 6) is 0.626. The van der Waals surface area contributed by atoms with Gasteiger partial charge in [-0.1, -0.05) is 0 Å². The van der Waals surface area contributed by atoms with Gasteiger partial charge < -0.3 is 37.9 Å². The van der Waals surface area contributed by atoms with Crippen LogP contribution < -0.4 is 9.47 Å². The number of methoxy groups -OCH3 is 2. The van der Waals surface area contributed by atoms with E-state index in [1.54, 1.807) is 14.2 Å². The topological polar surface area (TPSA) is 108 Å². The molecule has 0 saturated carbocycles. The van der Waals surface area contributed by atoms with Gasteiger partial charge in [-0.3, -0.25) is 9.59 Å². The molecule has 10 nitrogen and oxygen atoms in total. The van der Waals surface area contributed by atoms with E-state index in [0.29, 0.717) is 90.1 Å². The first-order valence-electron chi connectivity index (χ1n) is 10.4. The summed E-state index contributed by atoms with van der Waals surface area (Å²) in [6.07, 6.45) is 1.26. The lowest BCUT2D eigenvalue weighted by Gasteiger charge is -2.14. The largest absolute Gasteiger partial charge is 0.490 e. The van der Waals surface area contributed by atoms with Gasteiger partial charge in [0.25, 0.3) is 0 Å². The lowest BCUT2D eigenvalue weighted by atomic mass is 10.1. The predicted molar refractivity (Wildman–Crippen MR) is 115 cm³/mol. The molecule has 0 fully saturated rings. The molecule has 32 heavy (non-hydrogen) atoms. The van der Waals surface area contributed by atoms with E-state index in [-0.39, 0.29) is 24.3 Å². The highest BCUT2D eigenvalue weighted by Gasteiger charge is 2.12. The number of ether oxygens (including phenoxy) is 8. The Morgan fingerprint density at radius 3 is 1.22 bits per heavy atom. The summed E-state index contributed by atoms with van der Waals surface area (Å²) in [5, 5.41) is 0. The minimum absolute atomic E-state index is 0.227. The molecule has 1 aromatic rings. The van der Waals surface area contributed by atoms with Crippen LogP contribution >= 0.6 is 0 Å². The predicted octanol–water partition coefficient (Wildman–Crippen LogP) is 1.43. The first-order valence-corrected chi connectivity index (χ1v) is 10.4. The van der Waals surface area contributed by atoms with Crippen molar-refractivity contribution in [3.63, 3.8) is 0 Å². The van der Waals surface area contributed by atoms with Crippen molar-refractivity contribution in [2.75, 3.05) is 93.5 Å². The molecule has 0 bridgehead atoms. The van der Waals surface area contributed by atoms with Crippen LogP contribution in [0.5, 0.6) is 11.5 Å². The maximum Gasteiger partial charge on any atom is 0.153 e. The van der Waals surface area contributed by atoms with E-state index in [9.17, 15) is 9.59 Å². The zero-order valence-electron chi connectivity index (χ0n) is 18.9. The first-order chi connectivity index (χ1) is 15.8. The molecule has 1 aromatic carbocycles. The Kier molecular flexibility index (Phi) is 17.1. The average Bonchev–Trinajstić information content (AvgIpc) is 2.81. The zero-order valence-corrected chi connectivity index (χ0v) is 18.9. The Labute approximate surface area is 189 Å². The minimum atomic E-state index is 0.227. The van der Waals surface area contributed by atoms with Crippen molar-refractivity contribution in [1.29, 1.82) is 0 Å². The Morgan fingerprint density at radius 1 is 0.531 bits per heavy atom.